The van der Waals surface area contributed by atoms with Crippen molar-refractivity contribution in [1.29, 1.82) is 0 Å². The van der Waals surface area contributed by atoms with E-state index in [0.29, 0.717) is 17.2 Å². The summed E-state index contributed by atoms with van der Waals surface area (Å²) >= 11 is 0. The fraction of sp³-hybridized carbons (Fsp3) is 0.154. The smallest absolute Gasteiger partial charge is 0.227 e. The minimum absolute atomic E-state index is 0.0474. The first-order chi connectivity index (χ1) is 17.6. The topological polar surface area (TPSA) is 127 Å². The Balaban J connectivity index is 1.31. The van der Waals surface area contributed by atoms with Crippen molar-refractivity contribution in [2.24, 2.45) is 13.0 Å². The maximum Gasteiger partial charge on any atom is 0.227 e. The Labute approximate surface area is 204 Å². The molecule has 7 rings (SSSR count). The van der Waals surface area contributed by atoms with Crippen molar-refractivity contribution in [3.63, 3.8) is 0 Å². The van der Waals surface area contributed by atoms with Crippen LogP contribution in [0.25, 0.3) is 56.0 Å². The number of fused-ring (bicyclic) bond motifs is 2. The van der Waals surface area contributed by atoms with Gasteiger partial charge in [0.05, 0.1) is 35.3 Å². The Hall–Kier alpha value is -4.86. The van der Waals surface area contributed by atoms with E-state index in [2.05, 4.69) is 25.3 Å². The van der Waals surface area contributed by atoms with E-state index >= 15 is 0 Å². The third-order valence-electron chi connectivity index (χ3n) is 6.39. The van der Waals surface area contributed by atoms with Gasteiger partial charge in [0.2, 0.25) is 5.91 Å². The fourth-order valence-electron chi connectivity index (χ4n) is 4.39. The Morgan fingerprint density at radius 1 is 1.08 bits per heavy atom. The molecule has 0 spiro atoms. The fourth-order valence-corrected chi connectivity index (χ4v) is 4.39. The molecule has 0 bridgehead atoms. The number of imidazole rings is 1. The highest BCUT2D eigenvalue weighted by Gasteiger charge is 2.29. The monoisotopic (exact) mass is 476 g/mol. The van der Waals surface area contributed by atoms with Gasteiger partial charge in [0.25, 0.3) is 0 Å². The molecule has 6 aromatic heterocycles. The molecule has 1 fully saturated rings. The molecular formula is C26H20N8O2. The maximum absolute atomic E-state index is 12.2. The molecule has 36 heavy (non-hydrogen) atoms. The van der Waals surface area contributed by atoms with Crippen LogP contribution in [0.2, 0.25) is 0 Å². The van der Waals surface area contributed by atoms with E-state index in [1.54, 1.807) is 42.0 Å². The quantitative estimate of drug-likeness (QED) is 0.373. The van der Waals surface area contributed by atoms with Crippen LogP contribution >= 0.6 is 0 Å². The van der Waals surface area contributed by atoms with Crippen molar-refractivity contribution in [2.75, 3.05) is 5.32 Å². The number of H-pyrrole nitrogens is 1. The molecule has 1 aliphatic rings. The molecule has 1 saturated carbocycles. The molecule has 10 heteroatoms. The normalized spacial score (nSPS) is 13.5. The molecule has 0 unspecified atom stereocenters. The summed E-state index contributed by atoms with van der Waals surface area (Å²) in [4.78, 5) is 33.9. The van der Waals surface area contributed by atoms with Crippen LogP contribution in [-0.4, -0.2) is 40.6 Å². The van der Waals surface area contributed by atoms with Crippen LogP contribution in [-0.2, 0) is 11.8 Å². The molecule has 0 radical (unpaired) electrons. The van der Waals surface area contributed by atoms with Gasteiger partial charge in [-0.3, -0.25) is 14.8 Å². The first-order valence-corrected chi connectivity index (χ1v) is 11.6. The van der Waals surface area contributed by atoms with E-state index in [-0.39, 0.29) is 11.8 Å². The van der Waals surface area contributed by atoms with E-state index in [9.17, 15) is 4.79 Å². The molecule has 10 nitrogen and oxygen atoms in total. The summed E-state index contributed by atoms with van der Waals surface area (Å²) in [6.07, 6.45) is 12.1. The zero-order chi connectivity index (χ0) is 24.2. The minimum atomic E-state index is 0.0474. The second-order valence-electron chi connectivity index (χ2n) is 8.95. The number of aromatic amines is 1. The SMILES string of the molecule is Cn1nc(-c2nc3c(-c4ccoc4)nccc3[nH]2)c2cc(-c3cncc(NC(=O)C4CC4)c3)cnc21. The number of carbonyl (C=O) groups excluding carboxylic acids is 1. The minimum Gasteiger partial charge on any atom is -0.472 e. The van der Waals surface area contributed by atoms with Crippen molar-refractivity contribution in [3.05, 3.63) is 61.6 Å². The van der Waals surface area contributed by atoms with Gasteiger partial charge in [-0.1, -0.05) is 0 Å². The van der Waals surface area contributed by atoms with Crippen molar-refractivity contribution >= 4 is 33.7 Å². The van der Waals surface area contributed by atoms with Crippen LogP contribution in [0, 0.1) is 5.92 Å². The number of hydrogen-bond donors (Lipinski definition) is 2. The van der Waals surface area contributed by atoms with Crippen molar-refractivity contribution in [3.8, 4) is 33.9 Å². The standard InChI is InChI=1S/C26H20N8O2/c1-34-25-19(9-17(11-29-25)16-8-18(12-27-10-16)30-26(35)14-2-3-14)22(33-34)24-31-20-4-6-28-21(23(20)32-24)15-5-7-36-13-15/h4-14H,2-3H2,1H3,(H,30,35)(H,31,32). The van der Waals surface area contributed by atoms with Crippen LogP contribution in [0.5, 0.6) is 0 Å². The van der Waals surface area contributed by atoms with Gasteiger partial charge < -0.3 is 14.7 Å². The summed E-state index contributed by atoms with van der Waals surface area (Å²) in [6, 6.07) is 7.68. The molecule has 6 aromatic rings. The van der Waals surface area contributed by atoms with Crippen LogP contribution in [0.1, 0.15) is 12.8 Å². The van der Waals surface area contributed by atoms with Gasteiger partial charge in [-0.2, -0.15) is 5.10 Å². The molecule has 0 atom stereocenters. The highest BCUT2D eigenvalue weighted by atomic mass is 16.3. The van der Waals surface area contributed by atoms with Crippen molar-refractivity contribution in [2.45, 2.75) is 12.8 Å². The van der Waals surface area contributed by atoms with Gasteiger partial charge in [0.15, 0.2) is 11.5 Å². The molecule has 1 amide bonds. The summed E-state index contributed by atoms with van der Waals surface area (Å²) in [7, 11) is 1.86. The van der Waals surface area contributed by atoms with Crippen LogP contribution in [0.15, 0.2) is 66.0 Å². The zero-order valence-electron chi connectivity index (χ0n) is 19.3. The predicted octanol–water partition coefficient (Wildman–Crippen LogP) is 4.58. The van der Waals surface area contributed by atoms with E-state index in [1.807, 2.05) is 31.3 Å². The number of pyridine rings is 3. The Morgan fingerprint density at radius 2 is 1.97 bits per heavy atom. The molecule has 0 saturated heterocycles. The number of aryl methyl sites for hydroxylation is 1. The van der Waals surface area contributed by atoms with Crippen LogP contribution < -0.4 is 5.32 Å². The van der Waals surface area contributed by atoms with Crippen LogP contribution in [0.4, 0.5) is 5.69 Å². The number of amides is 1. The van der Waals surface area contributed by atoms with E-state index in [1.165, 1.54) is 0 Å². The molecule has 1 aliphatic carbocycles. The van der Waals surface area contributed by atoms with Crippen molar-refractivity contribution < 1.29 is 9.21 Å². The summed E-state index contributed by atoms with van der Waals surface area (Å²) in [5.74, 6) is 0.791. The predicted molar refractivity (Wildman–Crippen MR) is 134 cm³/mol. The van der Waals surface area contributed by atoms with Gasteiger partial charge in [-0.25, -0.2) is 14.6 Å². The Bertz CT molecular complexity index is 1760. The molecular weight excluding hydrogens is 456 g/mol. The number of carbonyl (C=O) groups is 1. The number of furan rings is 1. The van der Waals surface area contributed by atoms with Gasteiger partial charge >= 0.3 is 0 Å². The molecule has 0 aromatic carbocycles. The highest BCUT2D eigenvalue weighted by Crippen LogP contribution is 2.33. The molecule has 6 heterocycles. The van der Waals surface area contributed by atoms with E-state index in [4.69, 9.17) is 14.5 Å². The third-order valence-corrected chi connectivity index (χ3v) is 6.39. The molecule has 176 valence electrons. The number of aromatic nitrogens is 7. The average molecular weight is 477 g/mol. The van der Waals surface area contributed by atoms with Gasteiger partial charge in [0, 0.05) is 48.2 Å². The lowest BCUT2D eigenvalue weighted by Crippen LogP contribution is -2.13. The third kappa shape index (κ3) is 3.42. The van der Waals surface area contributed by atoms with Gasteiger partial charge in [-0.15, -0.1) is 0 Å². The maximum atomic E-state index is 12.2. The zero-order valence-corrected chi connectivity index (χ0v) is 19.3. The molecule has 0 aliphatic heterocycles. The lowest BCUT2D eigenvalue weighted by Gasteiger charge is -2.07. The number of nitrogens with zero attached hydrogens (tertiary/aromatic N) is 6. The Morgan fingerprint density at radius 3 is 2.81 bits per heavy atom. The Kier molecular flexibility index (Phi) is 4.47. The first-order valence-electron chi connectivity index (χ1n) is 11.6. The lowest BCUT2D eigenvalue weighted by atomic mass is 10.1. The van der Waals surface area contributed by atoms with Crippen molar-refractivity contribution in [1.82, 2.24) is 34.7 Å². The van der Waals surface area contributed by atoms with E-state index < -0.39 is 0 Å². The van der Waals surface area contributed by atoms with Gasteiger partial charge in [0.1, 0.15) is 16.9 Å². The van der Waals surface area contributed by atoms with Gasteiger partial charge in [-0.05, 0) is 37.1 Å². The van der Waals surface area contributed by atoms with Crippen LogP contribution in [0.3, 0.4) is 0 Å². The number of rotatable bonds is 5. The highest BCUT2D eigenvalue weighted by molar-refractivity contribution is 5.97. The second-order valence-corrected chi connectivity index (χ2v) is 8.95. The van der Waals surface area contributed by atoms with E-state index in [0.717, 1.165) is 57.3 Å². The number of hydrogen-bond acceptors (Lipinski definition) is 7. The summed E-state index contributed by atoms with van der Waals surface area (Å²) in [5, 5.41) is 8.52. The molecule has 2 N–H and O–H groups in total. The first kappa shape index (κ1) is 20.5. The number of nitrogens with one attached hydrogen (secondary N) is 2. The number of anilines is 1. The average Bonchev–Trinajstić information content (AvgIpc) is 3.29. The largest absolute Gasteiger partial charge is 0.472 e. The summed E-state index contributed by atoms with van der Waals surface area (Å²) < 4.78 is 6.98. The lowest BCUT2D eigenvalue weighted by molar-refractivity contribution is -0.117. The second kappa shape index (κ2) is 7.84. The summed E-state index contributed by atoms with van der Waals surface area (Å²) in [6.45, 7) is 0. The summed E-state index contributed by atoms with van der Waals surface area (Å²) in [5.41, 5.74) is 6.98.